The first-order valence-corrected chi connectivity index (χ1v) is 24.1. The van der Waals surface area contributed by atoms with Crippen molar-refractivity contribution in [3.8, 4) is 67.8 Å². The summed E-state index contributed by atoms with van der Waals surface area (Å²) >= 11 is 1.81. The van der Waals surface area contributed by atoms with Crippen LogP contribution in [0.25, 0.3) is 132 Å². The number of fused-ring (bicyclic) bond motifs is 9. The summed E-state index contributed by atoms with van der Waals surface area (Å²) in [6.45, 7) is 0. The molecule has 0 N–H and O–H groups in total. The van der Waals surface area contributed by atoms with Gasteiger partial charge in [-0.3, -0.25) is 0 Å². The van der Waals surface area contributed by atoms with Crippen molar-refractivity contribution in [2.24, 2.45) is 0 Å². The fourth-order valence-electron chi connectivity index (χ4n) is 10.4. The summed E-state index contributed by atoms with van der Waals surface area (Å²) in [6, 6.07) is 84.7. The van der Waals surface area contributed by atoms with Crippen molar-refractivity contribution < 1.29 is 0 Å². The van der Waals surface area contributed by atoms with Crippen LogP contribution in [0.15, 0.2) is 237 Å². The second-order valence-corrected chi connectivity index (χ2v) is 18.7. The molecule has 0 fully saturated rings. The molecule has 0 bridgehead atoms. The maximum Gasteiger partial charge on any atom is 0.164 e. The summed E-state index contributed by atoms with van der Waals surface area (Å²) in [7, 11) is 0. The minimum Gasteiger partial charge on any atom is -0.309 e. The number of benzene rings is 10. The second kappa shape index (κ2) is 15.8. The van der Waals surface area contributed by atoms with Crippen LogP contribution in [-0.4, -0.2) is 24.1 Å². The number of thiophene rings is 1. The zero-order valence-corrected chi connectivity index (χ0v) is 38.0. The van der Waals surface area contributed by atoms with Gasteiger partial charge in [-0.25, -0.2) is 15.0 Å². The quantitative estimate of drug-likeness (QED) is 0.160. The molecule has 5 nitrogen and oxygen atoms in total. The summed E-state index contributed by atoms with van der Waals surface area (Å²) in [5.41, 5.74) is 14.6. The Balaban J connectivity index is 0.938. The summed E-state index contributed by atoms with van der Waals surface area (Å²) < 4.78 is 7.21. The van der Waals surface area contributed by atoms with Crippen LogP contribution < -0.4 is 0 Å². The third-order valence-electron chi connectivity index (χ3n) is 13.6. The van der Waals surface area contributed by atoms with E-state index < -0.39 is 0 Å². The number of hydrogen-bond donors (Lipinski definition) is 0. The monoisotopic (exact) mass is 897 g/mol. The molecule has 0 amide bonds. The molecule has 4 aromatic heterocycles. The molecule has 4 heterocycles. The summed E-state index contributed by atoms with van der Waals surface area (Å²) in [5.74, 6) is 1.96. The minimum atomic E-state index is 0.652. The van der Waals surface area contributed by atoms with Gasteiger partial charge in [-0.1, -0.05) is 158 Å². The van der Waals surface area contributed by atoms with Crippen LogP contribution in [-0.2, 0) is 0 Å². The van der Waals surface area contributed by atoms with E-state index in [9.17, 15) is 0 Å². The van der Waals surface area contributed by atoms with Gasteiger partial charge in [-0.05, 0) is 101 Å². The van der Waals surface area contributed by atoms with Crippen LogP contribution in [0.3, 0.4) is 0 Å². The lowest BCUT2D eigenvalue weighted by Gasteiger charge is -2.10. The first-order chi connectivity index (χ1) is 34.2. The van der Waals surface area contributed by atoms with Gasteiger partial charge in [0.1, 0.15) is 0 Å². The van der Waals surface area contributed by atoms with E-state index in [-0.39, 0.29) is 0 Å². The molecule has 0 saturated heterocycles. The molecular formula is C63H39N5S. The van der Waals surface area contributed by atoms with E-state index in [1.165, 1.54) is 69.5 Å². The molecular weight excluding hydrogens is 859 g/mol. The smallest absolute Gasteiger partial charge is 0.164 e. The van der Waals surface area contributed by atoms with Crippen molar-refractivity contribution in [3.63, 3.8) is 0 Å². The maximum atomic E-state index is 5.16. The lowest BCUT2D eigenvalue weighted by Crippen LogP contribution is -2.00. The van der Waals surface area contributed by atoms with Crippen molar-refractivity contribution in [1.29, 1.82) is 0 Å². The molecule has 69 heavy (non-hydrogen) atoms. The minimum absolute atomic E-state index is 0.652. The largest absolute Gasteiger partial charge is 0.309 e. The number of para-hydroxylation sites is 3. The lowest BCUT2D eigenvalue weighted by molar-refractivity contribution is 1.08. The standard InChI is InChI=1S/C63H39N5S/c1-5-16-40(17-6-1)61-64-62(41-18-7-2-8-19-41)66-63(65-61)50-25-15-27-59-60(50)53-38-44(31-35-58(53)69-59)42-29-33-55-51(36-42)52-37-43(30-34-56(52)67(55)46-20-9-3-10-21-46)45-28-32-49-48-24-13-14-26-54(48)68(57(49)39-45)47-22-11-4-12-23-47/h1-39H. The Labute approximate surface area is 401 Å². The molecule has 6 heteroatoms. The lowest BCUT2D eigenvalue weighted by atomic mass is 9.98. The topological polar surface area (TPSA) is 48.5 Å². The summed E-state index contributed by atoms with van der Waals surface area (Å²) in [5, 5.41) is 7.24. The van der Waals surface area contributed by atoms with Gasteiger partial charge in [0.25, 0.3) is 0 Å². The highest BCUT2D eigenvalue weighted by Gasteiger charge is 2.20. The number of rotatable bonds is 7. The van der Waals surface area contributed by atoms with Crippen LogP contribution in [0.5, 0.6) is 0 Å². The molecule has 10 aromatic carbocycles. The zero-order chi connectivity index (χ0) is 45.4. The first kappa shape index (κ1) is 39.2. The third-order valence-corrected chi connectivity index (χ3v) is 14.7. The molecule has 0 saturated carbocycles. The van der Waals surface area contributed by atoms with Gasteiger partial charge in [0.15, 0.2) is 17.5 Å². The number of aromatic nitrogens is 5. The van der Waals surface area contributed by atoms with Gasteiger partial charge < -0.3 is 9.13 Å². The van der Waals surface area contributed by atoms with Gasteiger partial charge in [-0.15, -0.1) is 11.3 Å². The molecule has 0 spiro atoms. The molecule has 14 rings (SSSR count). The maximum absolute atomic E-state index is 5.16. The van der Waals surface area contributed by atoms with E-state index in [0.717, 1.165) is 44.6 Å². The van der Waals surface area contributed by atoms with Crippen molar-refractivity contribution in [2.45, 2.75) is 0 Å². The average Bonchev–Trinajstić information content (AvgIpc) is 4.08. The van der Waals surface area contributed by atoms with Gasteiger partial charge in [-0.2, -0.15) is 0 Å². The molecule has 0 radical (unpaired) electrons. The van der Waals surface area contributed by atoms with E-state index in [0.29, 0.717) is 17.5 Å². The molecule has 0 aliphatic rings. The zero-order valence-electron chi connectivity index (χ0n) is 37.2. The van der Waals surface area contributed by atoms with Gasteiger partial charge >= 0.3 is 0 Å². The van der Waals surface area contributed by atoms with Crippen LogP contribution in [0, 0.1) is 0 Å². The Bertz CT molecular complexity index is 4230. The molecule has 0 aliphatic carbocycles. The Hall–Kier alpha value is -8.97. The van der Waals surface area contributed by atoms with Gasteiger partial charge in [0, 0.05) is 69.8 Å². The molecule has 0 aliphatic heterocycles. The number of hydrogen-bond acceptors (Lipinski definition) is 4. The van der Waals surface area contributed by atoms with Crippen LogP contribution >= 0.6 is 11.3 Å². The fourth-order valence-corrected chi connectivity index (χ4v) is 11.5. The second-order valence-electron chi connectivity index (χ2n) is 17.6. The van der Waals surface area contributed by atoms with E-state index in [1.54, 1.807) is 11.3 Å². The number of nitrogens with zero attached hydrogens (tertiary/aromatic N) is 5. The third kappa shape index (κ3) is 6.49. The molecule has 0 atom stereocenters. The SMILES string of the molecule is c1ccc(-c2nc(-c3ccccc3)nc(-c3cccc4sc5ccc(-c6ccc7c(c6)c6cc(-c8ccc9c%10ccccc%10n(-c%10ccccc%10)c9c8)ccc6n7-c6ccccc6)cc5c34)n2)cc1. The van der Waals surface area contributed by atoms with Crippen LogP contribution in [0.2, 0.25) is 0 Å². The predicted octanol–water partition coefficient (Wildman–Crippen LogP) is 16.8. The van der Waals surface area contributed by atoms with E-state index in [1.807, 2.05) is 36.4 Å². The highest BCUT2D eigenvalue weighted by Crippen LogP contribution is 2.43. The van der Waals surface area contributed by atoms with Crippen molar-refractivity contribution in [1.82, 2.24) is 24.1 Å². The Kier molecular flexibility index (Phi) is 9.00. The van der Waals surface area contributed by atoms with E-state index in [4.69, 9.17) is 15.0 Å². The van der Waals surface area contributed by atoms with Gasteiger partial charge in [0.05, 0.1) is 22.1 Å². The molecule has 322 valence electrons. The van der Waals surface area contributed by atoms with Gasteiger partial charge in [0.2, 0.25) is 0 Å². The van der Waals surface area contributed by atoms with Crippen molar-refractivity contribution in [3.05, 3.63) is 237 Å². The molecule has 0 unspecified atom stereocenters. The predicted molar refractivity (Wildman–Crippen MR) is 289 cm³/mol. The van der Waals surface area contributed by atoms with Crippen LogP contribution in [0.1, 0.15) is 0 Å². The van der Waals surface area contributed by atoms with E-state index >= 15 is 0 Å². The van der Waals surface area contributed by atoms with Crippen molar-refractivity contribution in [2.75, 3.05) is 0 Å². The Morgan fingerprint density at radius 2 is 0.739 bits per heavy atom. The normalized spacial score (nSPS) is 11.8. The first-order valence-electron chi connectivity index (χ1n) is 23.3. The average molecular weight is 898 g/mol. The van der Waals surface area contributed by atoms with Crippen LogP contribution in [0.4, 0.5) is 0 Å². The fraction of sp³-hybridized carbons (Fsp3) is 0. The summed E-state index contributed by atoms with van der Waals surface area (Å²) in [6.07, 6.45) is 0. The summed E-state index contributed by atoms with van der Waals surface area (Å²) in [4.78, 5) is 15.3. The van der Waals surface area contributed by atoms with E-state index in [2.05, 4.69) is 209 Å². The highest BCUT2D eigenvalue weighted by atomic mass is 32.1. The van der Waals surface area contributed by atoms with Crippen molar-refractivity contribution >= 4 is 75.1 Å². The Morgan fingerprint density at radius 3 is 1.36 bits per heavy atom. The highest BCUT2D eigenvalue weighted by molar-refractivity contribution is 7.26. The Morgan fingerprint density at radius 1 is 0.275 bits per heavy atom. The molecule has 14 aromatic rings.